The van der Waals surface area contributed by atoms with Crippen LogP contribution in [0.5, 0.6) is 5.75 Å². The van der Waals surface area contributed by atoms with E-state index < -0.39 is 0 Å². The third-order valence-corrected chi connectivity index (χ3v) is 3.98. The Morgan fingerprint density at radius 2 is 1.60 bits per heavy atom. The Morgan fingerprint density at radius 1 is 0.880 bits per heavy atom. The highest BCUT2D eigenvalue weighted by Crippen LogP contribution is 2.18. The number of aryl methyl sites for hydroxylation is 1. The first kappa shape index (κ1) is 16.8. The molecule has 3 nitrogen and oxygen atoms in total. The summed E-state index contributed by atoms with van der Waals surface area (Å²) in [5.74, 6) is 0.830. The van der Waals surface area contributed by atoms with E-state index in [1.807, 2.05) is 54.6 Å². The number of para-hydroxylation sites is 1. The van der Waals surface area contributed by atoms with Crippen LogP contribution in [-0.2, 0) is 13.2 Å². The fraction of sp³-hybridized carbons (Fsp3) is 0.136. The van der Waals surface area contributed by atoms with Crippen molar-refractivity contribution in [1.82, 2.24) is 5.43 Å². The molecule has 0 radical (unpaired) electrons. The van der Waals surface area contributed by atoms with Gasteiger partial charge < -0.3 is 10.2 Å². The lowest BCUT2D eigenvalue weighted by Gasteiger charge is -2.10. The maximum atomic E-state index is 6.00. The molecule has 0 aliphatic carbocycles. The first-order chi connectivity index (χ1) is 12.3. The largest absolute Gasteiger partial charge is 0.488 e. The van der Waals surface area contributed by atoms with Crippen molar-refractivity contribution in [3.05, 3.63) is 101 Å². The minimum Gasteiger partial charge on any atom is -0.488 e. The fourth-order valence-electron chi connectivity index (χ4n) is 2.49. The van der Waals surface area contributed by atoms with Crippen LogP contribution < -0.4 is 10.2 Å². The van der Waals surface area contributed by atoms with Crippen molar-refractivity contribution in [2.75, 3.05) is 0 Å². The third-order valence-electron chi connectivity index (χ3n) is 3.98. The molecule has 1 N–H and O–H groups in total. The average Bonchev–Trinajstić information content (AvgIpc) is 2.66. The standard InChI is InChI=1S/C22H22N2O/c1-18-9-5-6-13-21(18)17-25-22-14-8-7-12-20(22)16-24-23-15-19-10-3-2-4-11-19/h2-14,16,23H,15,17H2,1H3. The van der Waals surface area contributed by atoms with Gasteiger partial charge in [0.25, 0.3) is 0 Å². The highest BCUT2D eigenvalue weighted by Gasteiger charge is 2.03. The molecular formula is C22H22N2O. The molecule has 0 aliphatic rings. The molecule has 3 aromatic carbocycles. The normalized spacial score (nSPS) is 10.8. The zero-order valence-electron chi connectivity index (χ0n) is 14.4. The van der Waals surface area contributed by atoms with Crippen LogP contribution in [-0.4, -0.2) is 6.21 Å². The summed E-state index contributed by atoms with van der Waals surface area (Å²) in [7, 11) is 0. The summed E-state index contributed by atoms with van der Waals surface area (Å²) in [6.45, 7) is 3.35. The van der Waals surface area contributed by atoms with Gasteiger partial charge in [-0.3, -0.25) is 0 Å². The number of nitrogens with one attached hydrogen (secondary N) is 1. The second kappa shape index (κ2) is 8.69. The van der Waals surface area contributed by atoms with Crippen molar-refractivity contribution in [2.24, 2.45) is 5.10 Å². The van der Waals surface area contributed by atoms with E-state index in [1.54, 1.807) is 6.21 Å². The Bertz CT molecular complexity index is 828. The van der Waals surface area contributed by atoms with E-state index >= 15 is 0 Å². The average molecular weight is 330 g/mol. The van der Waals surface area contributed by atoms with E-state index in [0.717, 1.165) is 11.3 Å². The lowest BCUT2D eigenvalue weighted by Crippen LogP contribution is -2.06. The maximum absolute atomic E-state index is 6.00. The SMILES string of the molecule is Cc1ccccc1COc1ccccc1C=NNCc1ccccc1. The molecule has 0 atom stereocenters. The van der Waals surface area contributed by atoms with Gasteiger partial charge in [-0.25, -0.2) is 0 Å². The molecule has 0 saturated heterocycles. The number of ether oxygens (including phenoxy) is 1. The molecule has 3 heteroatoms. The lowest BCUT2D eigenvalue weighted by molar-refractivity contribution is 0.305. The Morgan fingerprint density at radius 3 is 2.44 bits per heavy atom. The van der Waals surface area contributed by atoms with Crippen molar-refractivity contribution in [2.45, 2.75) is 20.1 Å². The van der Waals surface area contributed by atoms with Crippen molar-refractivity contribution in [3.8, 4) is 5.75 Å². The minimum atomic E-state index is 0.551. The fourth-order valence-corrected chi connectivity index (χ4v) is 2.49. The van der Waals surface area contributed by atoms with Crippen LogP contribution in [0.1, 0.15) is 22.3 Å². The van der Waals surface area contributed by atoms with E-state index in [9.17, 15) is 0 Å². The van der Waals surface area contributed by atoms with E-state index in [1.165, 1.54) is 16.7 Å². The zero-order valence-corrected chi connectivity index (χ0v) is 14.4. The molecule has 3 rings (SSSR count). The van der Waals surface area contributed by atoms with Crippen LogP contribution in [0.25, 0.3) is 0 Å². The summed E-state index contributed by atoms with van der Waals surface area (Å²) < 4.78 is 6.00. The lowest BCUT2D eigenvalue weighted by atomic mass is 10.1. The summed E-state index contributed by atoms with van der Waals surface area (Å²) >= 11 is 0. The number of rotatable bonds is 7. The van der Waals surface area contributed by atoms with Gasteiger partial charge in [0, 0.05) is 5.56 Å². The summed E-state index contributed by atoms with van der Waals surface area (Å²) in [6.07, 6.45) is 1.80. The molecule has 0 aliphatic heterocycles. The summed E-state index contributed by atoms with van der Waals surface area (Å²) in [4.78, 5) is 0. The van der Waals surface area contributed by atoms with Crippen LogP contribution >= 0.6 is 0 Å². The van der Waals surface area contributed by atoms with Crippen LogP contribution in [0.2, 0.25) is 0 Å². The predicted molar refractivity (Wildman–Crippen MR) is 103 cm³/mol. The van der Waals surface area contributed by atoms with Gasteiger partial charge >= 0.3 is 0 Å². The smallest absolute Gasteiger partial charge is 0.128 e. The van der Waals surface area contributed by atoms with Gasteiger partial charge in [-0.2, -0.15) is 5.10 Å². The Kier molecular flexibility index (Phi) is 5.83. The van der Waals surface area contributed by atoms with E-state index in [-0.39, 0.29) is 0 Å². The van der Waals surface area contributed by atoms with Crippen molar-refractivity contribution in [3.63, 3.8) is 0 Å². The molecule has 0 heterocycles. The topological polar surface area (TPSA) is 33.6 Å². The first-order valence-electron chi connectivity index (χ1n) is 8.39. The molecule has 0 unspecified atom stereocenters. The molecular weight excluding hydrogens is 308 g/mol. The van der Waals surface area contributed by atoms with Crippen LogP contribution in [0.4, 0.5) is 0 Å². The number of hydrazone groups is 1. The highest BCUT2D eigenvalue weighted by molar-refractivity contribution is 5.83. The van der Waals surface area contributed by atoms with Gasteiger partial charge in [0.1, 0.15) is 12.4 Å². The third kappa shape index (κ3) is 4.95. The van der Waals surface area contributed by atoms with Crippen molar-refractivity contribution in [1.29, 1.82) is 0 Å². The van der Waals surface area contributed by atoms with Crippen LogP contribution in [0, 0.1) is 6.92 Å². The van der Waals surface area contributed by atoms with Crippen LogP contribution in [0.15, 0.2) is 84.0 Å². The van der Waals surface area contributed by atoms with E-state index in [4.69, 9.17) is 4.74 Å². The van der Waals surface area contributed by atoms with Gasteiger partial charge in [0.15, 0.2) is 0 Å². The number of hydrogen-bond donors (Lipinski definition) is 1. The second-order valence-electron chi connectivity index (χ2n) is 5.83. The monoisotopic (exact) mass is 330 g/mol. The first-order valence-corrected chi connectivity index (χ1v) is 8.39. The number of benzene rings is 3. The number of hydrogen-bond acceptors (Lipinski definition) is 3. The zero-order chi connectivity index (χ0) is 17.3. The molecule has 3 aromatic rings. The van der Waals surface area contributed by atoms with E-state index in [2.05, 4.69) is 41.7 Å². The quantitative estimate of drug-likeness (QED) is 0.503. The molecule has 0 aromatic heterocycles. The molecule has 0 amide bonds. The highest BCUT2D eigenvalue weighted by atomic mass is 16.5. The van der Waals surface area contributed by atoms with Gasteiger partial charge in [0.05, 0.1) is 12.8 Å². The Balaban J connectivity index is 1.60. The minimum absolute atomic E-state index is 0.551. The summed E-state index contributed by atoms with van der Waals surface area (Å²) in [5, 5.41) is 4.32. The molecule has 0 bridgehead atoms. The molecule has 0 spiro atoms. The predicted octanol–water partition coefficient (Wildman–Crippen LogP) is 4.70. The Labute approximate surface area is 149 Å². The molecule has 25 heavy (non-hydrogen) atoms. The number of nitrogens with zero attached hydrogens (tertiary/aromatic N) is 1. The maximum Gasteiger partial charge on any atom is 0.128 e. The molecule has 0 saturated carbocycles. The van der Waals surface area contributed by atoms with Crippen molar-refractivity contribution < 1.29 is 4.74 Å². The van der Waals surface area contributed by atoms with Gasteiger partial charge in [-0.1, -0.05) is 66.7 Å². The second-order valence-corrected chi connectivity index (χ2v) is 5.83. The van der Waals surface area contributed by atoms with Gasteiger partial charge in [-0.05, 0) is 35.7 Å². The van der Waals surface area contributed by atoms with Gasteiger partial charge in [0.2, 0.25) is 0 Å². The molecule has 126 valence electrons. The summed E-state index contributed by atoms with van der Waals surface area (Å²) in [6, 6.07) is 26.4. The Hall–Kier alpha value is -3.07. The van der Waals surface area contributed by atoms with Crippen LogP contribution in [0.3, 0.4) is 0 Å². The molecule has 0 fully saturated rings. The van der Waals surface area contributed by atoms with E-state index in [0.29, 0.717) is 13.2 Å². The summed E-state index contributed by atoms with van der Waals surface area (Å²) in [5.41, 5.74) is 7.65. The van der Waals surface area contributed by atoms with Crippen molar-refractivity contribution >= 4 is 6.21 Å². The van der Waals surface area contributed by atoms with Gasteiger partial charge in [-0.15, -0.1) is 0 Å².